The lowest BCUT2D eigenvalue weighted by Gasteiger charge is -2.45. The highest BCUT2D eigenvalue weighted by Crippen LogP contribution is 2.26. The molecule has 0 radical (unpaired) electrons. The summed E-state index contributed by atoms with van der Waals surface area (Å²) in [5.74, 6) is 1.40. The highest BCUT2D eigenvalue weighted by molar-refractivity contribution is 5.91. The highest BCUT2D eigenvalue weighted by atomic mass is 16.1. The molecule has 2 unspecified atom stereocenters. The summed E-state index contributed by atoms with van der Waals surface area (Å²) in [5, 5.41) is 3.04. The van der Waals surface area contributed by atoms with Crippen molar-refractivity contribution in [2.24, 2.45) is 11.8 Å². The Hall–Kier alpha value is -1.68. The number of carbonyl (C=O) groups excluding carboxylic acids is 1. The average Bonchev–Trinajstić information content (AvgIpc) is 2.51. The summed E-state index contributed by atoms with van der Waals surface area (Å²) in [6, 6.07) is 3.76. The van der Waals surface area contributed by atoms with Gasteiger partial charge < -0.3 is 5.32 Å². The van der Waals surface area contributed by atoms with Gasteiger partial charge in [-0.1, -0.05) is 13.8 Å². The van der Waals surface area contributed by atoms with E-state index in [4.69, 9.17) is 0 Å². The first-order valence-electron chi connectivity index (χ1n) is 8.48. The number of hydrogen-bond acceptors (Lipinski definition) is 3. The van der Waals surface area contributed by atoms with Crippen LogP contribution in [0.4, 0.5) is 0 Å². The Bertz CT molecular complexity index is 529. The summed E-state index contributed by atoms with van der Waals surface area (Å²) in [6.07, 6.45) is 8.15. The van der Waals surface area contributed by atoms with Gasteiger partial charge in [-0.3, -0.25) is 14.7 Å². The predicted octanol–water partition coefficient (Wildman–Crippen LogP) is 2.97. The van der Waals surface area contributed by atoms with E-state index in [2.05, 4.69) is 42.9 Å². The second-order valence-corrected chi connectivity index (χ2v) is 7.50. The van der Waals surface area contributed by atoms with E-state index < -0.39 is 0 Å². The number of aromatic nitrogens is 1. The summed E-state index contributed by atoms with van der Waals surface area (Å²) < 4.78 is 0. The van der Waals surface area contributed by atoms with Gasteiger partial charge in [-0.05, 0) is 55.9 Å². The van der Waals surface area contributed by atoms with Crippen LogP contribution in [0, 0.1) is 11.8 Å². The number of carbonyl (C=O) groups is 1. The molecule has 2 heterocycles. The number of rotatable bonds is 5. The van der Waals surface area contributed by atoms with Gasteiger partial charge in [0.2, 0.25) is 5.91 Å². The molecule has 0 spiro atoms. The van der Waals surface area contributed by atoms with Crippen molar-refractivity contribution in [1.29, 1.82) is 0 Å². The first kappa shape index (κ1) is 17.7. The van der Waals surface area contributed by atoms with E-state index in [1.165, 1.54) is 6.42 Å². The van der Waals surface area contributed by atoms with E-state index in [1.807, 2.05) is 18.2 Å². The maximum atomic E-state index is 12.0. The smallest absolute Gasteiger partial charge is 0.244 e. The third-order valence-electron chi connectivity index (χ3n) is 4.55. The molecule has 0 saturated carbocycles. The Morgan fingerprint density at radius 1 is 1.30 bits per heavy atom. The van der Waals surface area contributed by atoms with Crippen LogP contribution in [0.3, 0.4) is 0 Å². The number of amides is 1. The molecule has 0 aromatic carbocycles. The van der Waals surface area contributed by atoms with E-state index in [1.54, 1.807) is 18.5 Å². The van der Waals surface area contributed by atoms with Gasteiger partial charge in [-0.15, -0.1) is 0 Å². The molecule has 1 N–H and O–H groups in total. The minimum atomic E-state index is -0.0482. The summed E-state index contributed by atoms with van der Waals surface area (Å²) >= 11 is 0. The zero-order valence-electron chi connectivity index (χ0n) is 14.7. The summed E-state index contributed by atoms with van der Waals surface area (Å²) in [7, 11) is 0. The van der Waals surface area contributed by atoms with Crippen molar-refractivity contribution < 1.29 is 4.79 Å². The largest absolute Gasteiger partial charge is 0.351 e. The lowest BCUT2D eigenvalue weighted by atomic mass is 9.88. The summed E-state index contributed by atoms with van der Waals surface area (Å²) in [4.78, 5) is 18.5. The van der Waals surface area contributed by atoms with Crippen LogP contribution in [-0.4, -0.2) is 41.0 Å². The van der Waals surface area contributed by atoms with Crippen molar-refractivity contribution >= 4 is 12.0 Å². The SMILES string of the molecule is CC1CC(C)CN(C(C)(C)CNC(=O)C=Cc2ccncc2)C1. The number of pyridine rings is 1. The highest BCUT2D eigenvalue weighted by Gasteiger charge is 2.32. The van der Waals surface area contributed by atoms with E-state index in [9.17, 15) is 4.79 Å². The topological polar surface area (TPSA) is 45.2 Å². The molecule has 1 aromatic heterocycles. The Balaban J connectivity index is 1.86. The minimum absolute atomic E-state index is 0.0247. The fourth-order valence-electron chi connectivity index (χ4n) is 3.28. The minimum Gasteiger partial charge on any atom is -0.351 e. The third-order valence-corrected chi connectivity index (χ3v) is 4.55. The molecule has 1 saturated heterocycles. The molecule has 2 atom stereocenters. The van der Waals surface area contributed by atoms with Crippen molar-refractivity contribution in [2.75, 3.05) is 19.6 Å². The summed E-state index contributed by atoms with van der Waals surface area (Å²) in [5.41, 5.74) is 0.955. The molecule has 4 heteroatoms. The van der Waals surface area contributed by atoms with Gasteiger partial charge in [-0.25, -0.2) is 0 Å². The first-order valence-corrected chi connectivity index (χ1v) is 8.48. The second kappa shape index (κ2) is 7.73. The number of nitrogens with one attached hydrogen (secondary N) is 1. The molecule has 0 aliphatic carbocycles. The van der Waals surface area contributed by atoms with E-state index in [0.717, 1.165) is 30.5 Å². The molecule has 23 heavy (non-hydrogen) atoms. The van der Waals surface area contributed by atoms with Crippen molar-refractivity contribution in [3.05, 3.63) is 36.2 Å². The number of likely N-dealkylation sites (tertiary alicyclic amines) is 1. The normalized spacial score (nSPS) is 23.1. The second-order valence-electron chi connectivity index (χ2n) is 7.50. The molecular formula is C19H29N3O. The van der Waals surface area contributed by atoms with E-state index in [0.29, 0.717) is 6.54 Å². The van der Waals surface area contributed by atoms with Crippen LogP contribution < -0.4 is 5.32 Å². The quantitative estimate of drug-likeness (QED) is 0.850. The van der Waals surface area contributed by atoms with Gasteiger partial charge >= 0.3 is 0 Å². The molecular weight excluding hydrogens is 286 g/mol. The fourth-order valence-corrected chi connectivity index (χ4v) is 3.28. The third kappa shape index (κ3) is 5.47. The summed E-state index contributed by atoms with van der Waals surface area (Å²) in [6.45, 7) is 11.9. The van der Waals surface area contributed by atoms with Crippen LogP contribution in [0.2, 0.25) is 0 Å². The molecule has 0 bridgehead atoms. The monoisotopic (exact) mass is 315 g/mol. The lowest BCUT2D eigenvalue weighted by molar-refractivity contribution is -0.117. The maximum Gasteiger partial charge on any atom is 0.244 e. The van der Waals surface area contributed by atoms with Crippen LogP contribution >= 0.6 is 0 Å². The molecule has 2 rings (SSSR count). The zero-order valence-corrected chi connectivity index (χ0v) is 14.7. The predicted molar refractivity (Wildman–Crippen MR) is 94.9 cm³/mol. The lowest BCUT2D eigenvalue weighted by Crippen LogP contribution is -2.56. The van der Waals surface area contributed by atoms with Gasteiger partial charge in [0.15, 0.2) is 0 Å². The maximum absolute atomic E-state index is 12.0. The standard InChI is InChI=1S/C19H29N3O/c1-15-11-16(2)13-22(12-15)19(3,4)14-21-18(23)6-5-17-7-9-20-10-8-17/h5-10,15-16H,11-14H2,1-4H3,(H,21,23). The van der Waals surface area contributed by atoms with Crippen molar-refractivity contribution in [3.8, 4) is 0 Å². The van der Waals surface area contributed by atoms with E-state index in [-0.39, 0.29) is 11.4 Å². The molecule has 4 nitrogen and oxygen atoms in total. The molecule has 126 valence electrons. The molecule has 1 aliphatic rings. The van der Waals surface area contributed by atoms with Gasteiger partial charge in [-0.2, -0.15) is 0 Å². The number of nitrogens with zero attached hydrogens (tertiary/aromatic N) is 2. The van der Waals surface area contributed by atoms with Crippen molar-refractivity contribution in [3.63, 3.8) is 0 Å². The molecule has 1 aromatic rings. The van der Waals surface area contributed by atoms with Gasteiger partial charge in [0.05, 0.1) is 0 Å². The van der Waals surface area contributed by atoms with Crippen LogP contribution in [-0.2, 0) is 4.79 Å². The number of piperidine rings is 1. The van der Waals surface area contributed by atoms with Crippen LogP contribution in [0.5, 0.6) is 0 Å². The van der Waals surface area contributed by atoms with Crippen LogP contribution in [0.1, 0.15) is 39.7 Å². The van der Waals surface area contributed by atoms with Gasteiger partial charge in [0.25, 0.3) is 0 Å². The van der Waals surface area contributed by atoms with Crippen LogP contribution in [0.25, 0.3) is 6.08 Å². The first-order chi connectivity index (χ1) is 10.9. The Morgan fingerprint density at radius 3 is 2.52 bits per heavy atom. The fraction of sp³-hybridized carbons (Fsp3) is 0.579. The van der Waals surface area contributed by atoms with Crippen molar-refractivity contribution in [2.45, 2.75) is 39.7 Å². The van der Waals surface area contributed by atoms with Crippen LogP contribution in [0.15, 0.2) is 30.6 Å². The average molecular weight is 315 g/mol. The molecule has 1 fully saturated rings. The van der Waals surface area contributed by atoms with Crippen molar-refractivity contribution in [1.82, 2.24) is 15.2 Å². The zero-order chi connectivity index (χ0) is 16.9. The van der Waals surface area contributed by atoms with Gasteiger partial charge in [0, 0.05) is 43.6 Å². The van der Waals surface area contributed by atoms with E-state index >= 15 is 0 Å². The Labute approximate surface area is 140 Å². The Kier molecular flexibility index (Phi) is 5.94. The molecule has 1 aliphatic heterocycles. The molecule has 1 amide bonds. The van der Waals surface area contributed by atoms with Gasteiger partial charge in [0.1, 0.15) is 0 Å². The Morgan fingerprint density at radius 2 is 1.91 bits per heavy atom. The number of hydrogen-bond donors (Lipinski definition) is 1.